The smallest absolute Gasteiger partial charge is 0.0701 e. The monoisotopic (exact) mass is 258 g/mol. The molecule has 0 amide bonds. The Morgan fingerprint density at radius 1 is 1.00 bits per heavy atom. The van der Waals surface area contributed by atoms with E-state index in [-0.39, 0.29) is 6.61 Å². The van der Waals surface area contributed by atoms with Crippen LogP contribution in [0.2, 0.25) is 0 Å². The SMILES string of the molecule is OCCOC1CCN(CCN2CCOCC2)CC1. The molecule has 0 atom stereocenters. The van der Waals surface area contributed by atoms with Crippen LogP contribution in [0.4, 0.5) is 0 Å². The maximum atomic E-state index is 8.73. The van der Waals surface area contributed by atoms with Crippen LogP contribution in [-0.4, -0.2) is 86.7 Å². The van der Waals surface area contributed by atoms with Gasteiger partial charge in [-0.15, -0.1) is 0 Å². The summed E-state index contributed by atoms with van der Waals surface area (Å²) in [5.41, 5.74) is 0. The number of likely N-dealkylation sites (tertiary alicyclic amines) is 1. The number of aliphatic hydroxyl groups is 1. The Bertz CT molecular complexity index is 214. The fourth-order valence-corrected chi connectivity index (χ4v) is 2.63. The average molecular weight is 258 g/mol. The van der Waals surface area contributed by atoms with E-state index in [2.05, 4.69) is 9.80 Å². The molecule has 0 aromatic carbocycles. The van der Waals surface area contributed by atoms with Crippen LogP contribution in [-0.2, 0) is 9.47 Å². The summed E-state index contributed by atoms with van der Waals surface area (Å²) in [6.07, 6.45) is 2.56. The zero-order chi connectivity index (χ0) is 12.6. The van der Waals surface area contributed by atoms with Gasteiger partial charge in [-0.3, -0.25) is 4.90 Å². The molecule has 2 saturated heterocycles. The van der Waals surface area contributed by atoms with Crippen molar-refractivity contribution in [3.05, 3.63) is 0 Å². The third-order valence-electron chi connectivity index (χ3n) is 3.82. The zero-order valence-electron chi connectivity index (χ0n) is 11.2. The summed E-state index contributed by atoms with van der Waals surface area (Å²) in [7, 11) is 0. The van der Waals surface area contributed by atoms with E-state index < -0.39 is 0 Å². The molecule has 2 fully saturated rings. The summed E-state index contributed by atoms with van der Waals surface area (Å²) in [4.78, 5) is 5.01. The van der Waals surface area contributed by atoms with Crippen LogP contribution in [0, 0.1) is 0 Å². The molecule has 0 spiro atoms. The van der Waals surface area contributed by atoms with Crippen molar-refractivity contribution in [2.24, 2.45) is 0 Å². The molecular formula is C13H26N2O3. The largest absolute Gasteiger partial charge is 0.394 e. The van der Waals surface area contributed by atoms with Gasteiger partial charge in [-0.05, 0) is 12.8 Å². The molecule has 0 saturated carbocycles. The van der Waals surface area contributed by atoms with Gasteiger partial charge in [-0.2, -0.15) is 0 Å². The minimum Gasteiger partial charge on any atom is -0.394 e. The predicted molar refractivity (Wildman–Crippen MR) is 69.8 cm³/mol. The van der Waals surface area contributed by atoms with E-state index in [9.17, 15) is 0 Å². The lowest BCUT2D eigenvalue weighted by molar-refractivity contribution is -0.0118. The standard InChI is InChI=1S/C13H26N2O3/c16-9-12-18-13-1-3-14(4-2-13)5-6-15-7-10-17-11-8-15/h13,16H,1-12H2. The Morgan fingerprint density at radius 2 is 1.61 bits per heavy atom. The second-order valence-electron chi connectivity index (χ2n) is 5.09. The first-order valence-electron chi connectivity index (χ1n) is 7.13. The number of aliphatic hydroxyl groups excluding tert-OH is 1. The predicted octanol–water partition coefficient (Wildman–Crippen LogP) is -0.208. The highest BCUT2D eigenvalue weighted by Gasteiger charge is 2.20. The molecule has 2 aliphatic rings. The molecule has 0 aromatic heterocycles. The summed E-state index contributed by atoms with van der Waals surface area (Å²) < 4.78 is 10.9. The van der Waals surface area contributed by atoms with E-state index in [4.69, 9.17) is 14.6 Å². The lowest BCUT2D eigenvalue weighted by Crippen LogP contribution is -2.44. The fourth-order valence-electron chi connectivity index (χ4n) is 2.63. The first-order chi connectivity index (χ1) is 8.88. The molecule has 5 nitrogen and oxygen atoms in total. The van der Waals surface area contributed by atoms with Crippen molar-refractivity contribution < 1.29 is 14.6 Å². The number of ether oxygens (including phenoxy) is 2. The third kappa shape index (κ3) is 4.82. The third-order valence-corrected chi connectivity index (χ3v) is 3.82. The highest BCUT2D eigenvalue weighted by molar-refractivity contribution is 4.74. The maximum absolute atomic E-state index is 8.73. The Labute approximate surface area is 110 Å². The number of nitrogens with zero attached hydrogens (tertiary/aromatic N) is 2. The Kier molecular flexibility index (Phi) is 6.37. The molecule has 0 bridgehead atoms. The van der Waals surface area contributed by atoms with Crippen molar-refractivity contribution in [3.8, 4) is 0 Å². The van der Waals surface area contributed by atoms with Crippen LogP contribution >= 0.6 is 0 Å². The number of hydrogen-bond acceptors (Lipinski definition) is 5. The Morgan fingerprint density at radius 3 is 2.22 bits per heavy atom. The van der Waals surface area contributed by atoms with E-state index in [0.29, 0.717) is 12.7 Å². The van der Waals surface area contributed by atoms with E-state index in [1.54, 1.807) is 0 Å². The lowest BCUT2D eigenvalue weighted by atomic mass is 10.1. The number of piperidine rings is 1. The molecule has 18 heavy (non-hydrogen) atoms. The Balaban J connectivity index is 1.55. The normalized spacial score (nSPS) is 24.5. The first kappa shape index (κ1) is 14.2. The van der Waals surface area contributed by atoms with Gasteiger partial charge in [0.05, 0.1) is 32.5 Å². The quantitative estimate of drug-likeness (QED) is 0.714. The molecule has 106 valence electrons. The van der Waals surface area contributed by atoms with Crippen LogP contribution in [0.5, 0.6) is 0 Å². The van der Waals surface area contributed by atoms with Gasteiger partial charge in [-0.1, -0.05) is 0 Å². The number of morpholine rings is 1. The molecule has 0 aromatic rings. The van der Waals surface area contributed by atoms with Crippen molar-refractivity contribution in [2.45, 2.75) is 18.9 Å². The van der Waals surface area contributed by atoms with E-state index in [1.807, 2.05) is 0 Å². The minimum absolute atomic E-state index is 0.136. The molecule has 0 aliphatic carbocycles. The molecule has 2 heterocycles. The molecular weight excluding hydrogens is 232 g/mol. The van der Waals surface area contributed by atoms with Gasteiger partial charge < -0.3 is 19.5 Å². The van der Waals surface area contributed by atoms with Crippen LogP contribution in [0.3, 0.4) is 0 Å². The van der Waals surface area contributed by atoms with Gasteiger partial charge in [0.1, 0.15) is 0 Å². The van der Waals surface area contributed by atoms with Crippen molar-refractivity contribution in [1.82, 2.24) is 9.80 Å². The fraction of sp³-hybridized carbons (Fsp3) is 1.00. The average Bonchev–Trinajstić information content (AvgIpc) is 2.45. The van der Waals surface area contributed by atoms with Gasteiger partial charge in [0.2, 0.25) is 0 Å². The minimum atomic E-state index is 0.136. The van der Waals surface area contributed by atoms with Crippen molar-refractivity contribution in [1.29, 1.82) is 0 Å². The van der Waals surface area contributed by atoms with Gasteiger partial charge in [0.15, 0.2) is 0 Å². The Hall–Kier alpha value is -0.200. The van der Waals surface area contributed by atoms with Gasteiger partial charge in [0, 0.05) is 39.3 Å². The first-order valence-corrected chi connectivity index (χ1v) is 7.13. The highest BCUT2D eigenvalue weighted by Crippen LogP contribution is 2.13. The molecule has 2 aliphatic heterocycles. The second-order valence-corrected chi connectivity index (χ2v) is 5.09. The van der Waals surface area contributed by atoms with Crippen LogP contribution < -0.4 is 0 Å². The van der Waals surface area contributed by atoms with Crippen molar-refractivity contribution in [2.75, 3.05) is 65.7 Å². The van der Waals surface area contributed by atoms with Crippen LogP contribution in [0.25, 0.3) is 0 Å². The van der Waals surface area contributed by atoms with Gasteiger partial charge in [-0.25, -0.2) is 0 Å². The molecule has 0 unspecified atom stereocenters. The summed E-state index contributed by atoms with van der Waals surface area (Å²) in [6.45, 7) is 9.12. The molecule has 5 heteroatoms. The zero-order valence-corrected chi connectivity index (χ0v) is 11.2. The number of hydrogen-bond donors (Lipinski definition) is 1. The highest BCUT2D eigenvalue weighted by atomic mass is 16.5. The summed E-state index contributed by atoms with van der Waals surface area (Å²) >= 11 is 0. The van der Waals surface area contributed by atoms with E-state index in [1.165, 1.54) is 0 Å². The molecule has 2 rings (SSSR count). The molecule has 0 radical (unpaired) electrons. The van der Waals surface area contributed by atoms with E-state index in [0.717, 1.165) is 65.3 Å². The molecule has 1 N–H and O–H groups in total. The summed E-state index contributed by atoms with van der Waals surface area (Å²) in [5.74, 6) is 0. The topological polar surface area (TPSA) is 45.2 Å². The van der Waals surface area contributed by atoms with Crippen molar-refractivity contribution >= 4 is 0 Å². The second kappa shape index (κ2) is 8.07. The maximum Gasteiger partial charge on any atom is 0.0701 e. The lowest BCUT2D eigenvalue weighted by Gasteiger charge is -2.34. The van der Waals surface area contributed by atoms with Crippen molar-refractivity contribution in [3.63, 3.8) is 0 Å². The van der Waals surface area contributed by atoms with Crippen LogP contribution in [0.1, 0.15) is 12.8 Å². The van der Waals surface area contributed by atoms with Crippen LogP contribution in [0.15, 0.2) is 0 Å². The summed E-state index contributed by atoms with van der Waals surface area (Å²) in [5, 5.41) is 8.73. The van der Waals surface area contributed by atoms with Gasteiger partial charge in [0.25, 0.3) is 0 Å². The van der Waals surface area contributed by atoms with Gasteiger partial charge >= 0.3 is 0 Å². The van der Waals surface area contributed by atoms with E-state index >= 15 is 0 Å². The number of rotatable bonds is 6. The summed E-state index contributed by atoms with van der Waals surface area (Å²) in [6, 6.07) is 0.